The zero-order chi connectivity index (χ0) is 28.1. The van der Waals surface area contributed by atoms with Gasteiger partial charge in [-0.3, -0.25) is 13.5 Å². The molecule has 11 heteroatoms. The summed E-state index contributed by atoms with van der Waals surface area (Å²) in [7, 11) is 3.11. The Morgan fingerprint density at radius 2 is 1.85 bits per heavy atom. The van der Waals surface area contributed by atoms with Crippen LogP contribution in [0.2, 0.25) is 5.02 Å². The summed E-state index contributed by atoms with van der Waals surface area (Å²) < 4.78 is 19.7. The van der Waals surface area contributed by atoms with Gasteiger partial charge >= 0.3 is 5.69 Å². The van der Waals surface area contributed by atoms with E-state index in [1.54, 1.807) is 25.2 Å². The number of rotatable bonds is 5. The lowest BCUT2D eigenvalue weighted by atomic mass is 9.95. The van der Waals surface area contributed by atoms with Crippen molar-refractivity contribution in [3.8, 4) is 33.7 Å². The number of fused-ring (bicyclic) bond motifs is 1. The lowest BCUT2D eigenvalue weighted by Crippen LogP contribution is -2.35. The van der Waals surface area contributed by atoms with Gasteiger partial charge < -0.3 is 10.0 Å². The minimum atomic E-state index is -0.494. The van der Waals surface area contributed by atoms with Gasteiger partial charge in [-0.15, -0.1) is 0 Å². The Morgan fingerprint density at radius 1 is 1.07 bits per heavy atom. The van der Waals surface area contributed by atoms with Crippen molar-refractivity contribution in [3.63, 3.8) is 0 Å². The van der Waals surface area contributed by atoms with Crippen molar-refractivity contribution in [1.29, 1.82) is 0 Å². The number of phenolic OH excluding ortho intramolecular Hbond substituents is 1. The zero-order valence-corrected chi connectivity index (χ0v) is 25.2. The van der Waals surface area contributed by atoms with E-state index in [4.69, 9.17) is 11.6 Å². The standard InChI is InChI=1S/C29H22ClFIN5O2S/c1-17-16-35(8-6-33-17)26-12-19(13-27-21(26)5-7-37(27)40-32)23-15-20(31)14-22(28(23)38)18-3-4-25(24(30)11-18)36-10-9-34(2)29(36)39/h3-5,7,11-15,38H,6,8,16H2,1-2H3. The maximum atomic E-state index is 15.1. The molecule has 2 aromatic heterocycles. The highest BCUT2D eigenvalue weighted by Crippen LogP contribution is 2.43. The van der Waals surface area contributed by atoms with Gasteiger partial charge in [0.25, 0.3) is 0 Å². The number of aromatic hydroxyl groups is 1. The Labute approximate surface area is 251 Å². The Hall–Kier alpha value is -3.40. The third-order valence-electron chi connectivity index (χ3n) is 7.03. The van der Waals surface area contributed by atoms with Crippen molar-refractivity contribution in [2.45, 2.75) is 6.92 Å². The van der Waals surface area contributed by atoms with Crippen molar-refractivity contribution >= 4 is 64.2 Å². The molecule has 1 aliphatic rings. The monoisotopic (exact) mass is 685 g/mol. The van der Waals surface area contributed by atoms with Crippen LogP contribution in [-0.4, -0.2) is 43.6 Å². The molecule has 1 N–H and O–H groups in total. The van der Waals surface area contributed by atoms with Gasteiger partial charge in [-0.05, 0) is 60.5 Å². The molecule has 0 saturated carbocycles. The van der Waals surface area contributed by atoms with E-state index < -0.39 is 5.82 Å². The fourth-order valence-corrected chi connectivity index (χ4v) is 6.71. The third kappa shape index (κ3) is 4.66. The molecule has 0 amide bonds. The number of benzene rings is 3. The van der Waals surface area contributed by atoms with Crippen LogP contribution in [0.4, 0.5) is 10.1 Å². The second kappa shape index (κ2) is 10.5. The van der Waals surface area contributed by atoms with E-state index in [-0.39, 0.29) is 16.5 Å². The summed E-state index contributed by atoms with van der Waals surface area (Å²) >= 11 is 8.78. The lowest BCUT2D eigenvalue weighted by molar-refractivity contribution is 0.477. The summed E-state index contributed by atoms with van der Waals surface area (Å²) in [4.78, 5) is 19.2. The molecule has 0 aliphatic carbocycles. The molecule has 7 nitrogen and oxygen atoms in total. The number of anilines is 1. The fraction of sp³-hybridized carbons (Fsp3) is 0.172. The van der Waals surface area contributed by atoms with Gasteiger partial charge in [0.1, 0.15) is 11.6 Å². The molecule has 0 bridgehead atoms. The maximum absolute atomic E-state index is 15.1. The van der Waals surface area contributed by atoms with Gasteiger partial charge in [0.15, 0.2) is 0 Å². The van der Waals surface area contributed by atoms with Crippen LogP contribution in [0, 0.1) is 18.2 Å². The highest BCUT2D eigenvalue weighted by atomic mass is 127. The van der Waals surface area contributed by atoms with Gasteiger partial charge in [-0.1, -0.05) is 17.7 Å². The van der Waals surface area contributed by atoms with Gasteiger partial charge in [0.2, 0.25) is 0 Å². The van der Waals surface area contributed by atoms with E-state index in [2.05, 4.69) is 49.6 Å². The highest BCUT2D eigenvalue weighted by molar-refractivity contribution is 14.2. The van der Waals surface area contributed by atoms with Crippen LogP contribution >= 0.6 is 41.9 Å². The minimum absolute atomic E-state index is 0.0658. The molecule has 1 aliphatic heterocycles. The molecule has 0 saturated heterocycles. The smallest absolute Gasteiger partial charge is 0.347 e. The van der Waals surface area contributed by atoms with Crippen LogP contribution in [-0.2, 0) is 7.05 Å². The number of hydrogen-bond acceptors (Lipinski definition) is 5. The molecule has 3 heterocycles. The van der Waals surface area contributed by atoms with Crippen molar-refractivity contribution in [2.24, 2.45) is 12.0 Å². The first-order valence-corrected chi connectivity index (χ1v) is 16.1. The van der Waals surface area contributed by atoms with Crippen molar-refractivity contribution < 1.29 is 9.50 Å². The van der Waals surface area contributed by atoms with E-state index in [0.29, 0.717) is 41.0 Å². The number of aliphatic imine (C=N–C) groups is 1. The number of hydrogen-bond donors (Lipinski definition) is 1. The Balaban J connectivity index is 1.49. The molecule has 0 atom stereocenters. The van der Waals surface area contributed by atoms with Crippen LogP contribution in [0.15, 0.2) is 64.5 Å². The van der Waals surface area contributed by atoms with E-state index >= 15 is 4.39 Å². The first-order chi connectivity index (χ1) is 19.2. The Morgan fingerprint density at radius 3 is 2.52 bits per heavy atom. The van der Waals surface area contributed by atoms with E-state index in [0.717, 1.165) is 28.8 Å². The lowest BCUT2D eigenvalue weighted by Gasteiger charge is -2.29. The number of halogens is 3. The zero-order valence-electron chi connectivity index (χ0n) is 21.5. The van der Waals surface area contributed by atoms with Crippen LogP contribution in [0.3, 0.4) is 0 Å². The summed E-state index contributed by atoms with van der Waals surface area (Å²) in [6.07, 6.45) is 7.42. The molecule has 5 aromatic rings. The largest absolute Gasteiger partial charge is 0.507 e. The predicted octanol–water partition coefficient (Wildman–Crippen LogP) is 6.69. The van der Waals surface area contributed by atoms with Crippen LogP contribution in [0.1, 0.15) is 6.92 Å². The van der Waals surface area contributed by atoms with Gasteiger partial charge in [0, 0.05) is 90.4 Å². The Kier molecular flexibility index (Phi) is 7.06. The quantitative estimate of drug-likeness (QED) is 0.210. The summed E-state index contributed by atoms with van der Waals surface area (Å²) in [6, 6.07) is 13.6. The second-order valence-electron chi connectivity index (χ2n) is 9.59. The molecule has 0 radical (unpaired) electrons. The topological polar surface area (TPSA) is 67.7 Å². The first kappa shape index (κ1) is 26.8. The van der Waals surface area contributed by atoms with Gasteiger partial charge in [0.05, 0.1) is 29.3 Å². The molecule has 3 aromatic carbocycles. The Bertz CT molecular complexity index is 1880. The SMILES string of the molecule is CC1=NCCN(c2cc(-c3cc(F)cc(-c4ccc(-n5c#cn(C)c5=O)c(Cl)c4)c3O)cc3c2ccn3SI)C1. The summed E-state index contributed by atoms with van der Waals surface area (Å²) in [5.74, 6) is -0.560. The molecule has 0 unspecified atom stereocenters. The average Bonchev–Trinajstić information content (AvgIpc) is 3.51. The number of nitrogens with zero attached hydrogens (tertiary/aromatic N) is 5. The molecular formula is C29H22ClFIN5O2S. The summed E-state index contributed by atoms with van der Waals surface area (Å²) in [6.45, 7) is 4.19. The first-order valence-electron chi connectivity index (χ1n) is 12.4. The van der Waals surface area contributed by atoms with Crippen LogP contribution < -0.4 is 10.6 Å². The van der Waals surface area contributed by atoms with Gasteiger partial charge in [-0.2, -0.15) is 0 Å². The fourth-order valence-electron chi connectivity index (χ4n) is 5.08. The van der Waals surface area contributed by atoms with Gasteiger partial charge in [-0.25, -0.2) is 13.8 Å². The molecule has 0 spiro atoms. The van der Waals surface area contributed by atoms with Crippen molar-refractivity contribution in [3.05, 3.63) is 88.4 Å². The average molecular weight is 686 g/mol. The second-order valence-corrected chi connectivity index (χ2v) is 11.7. The van der Waals surface area contributed by atoms with Crippen LogP contribution in [0.25, 0.3) is 38.8 Å². The summed E-state index contributed by atoms with van der Waals surface area (Å²) in [5, 5.41) is 12.8. The molecule has 0 fully saturated rings. The van der Waals surface area contributed by atoms with Crippen molar-refractivity contribution in [2.75, 3.05) is 24.5 Å². The molecule has 6 rings (SSSR count). The van der Waals surface area contributed by atoms with Crippen LogP contribution in [0.5, 0.6) is 5.75 Å². The third-order valence-corrected chi connectivity index (χ3v) is 9.07. The normalized spacial score (nSPS) is 13.5. The van der Waals surface area contributed by atoms with E-state index in [1.807, 2.05) is 29.2 Å². The highest BCUT2D eigenvalue weighted by Gasteiger charge is 2.21. The number of phenols is 1. The molecule has 202 valence electrons. The molecular weight excluding hydrogens is 664 g/mol. The van der Waals surface area contributed by atoms with Crippen molar-refractivity contribution in [1.82, 2.24) is 13.1 Å². The summed E-state index contributed by atoms with van der Waals surface area (Å²) in [5.41, 5.74) is 4.95. The minimum Gasteiger partial charge on any atom is -0.507 e. The van der Waals surface area contributed by atoms with E-state index in [1.165, 1.54) is 30.4 Å². The number of aromatic nitrogens is 3. The predicted molar refractivity (Wildman–Crippen MR) is 169 cm³/mol. The maximum Gasteiger partial charge on any atom is 0.347 e. The van der Waals surface area contributed by atoms with E-state index in [9.17, 15) is 9.90 Å². The molecule has 40 heavy (non-hydrogen) atoms.